The normalized spacial score (nSPS) is 9.71. The Hall–Kier alpha value is -0.780. The Morgan fingerprint density at radius 1 is 1.21 bits per heavy atom. The van der Waals surface area contributed by atoms with Crippen molar-refractivity contribution in [1.82, 2.24) is 5.01 Å². The van der Waals surface area contributed by atoms with Gasteiger partial charge in [0.2, 0.25) is 5.91 Å². The summed E-state index contributed by atoms with van der Waals surface area (Å²) in [5, 5.41) is 3.39. The summed E-state index contributed by atoms with van der Waals surface area (Å²) in [7, 11) is 3.61. The lowest BCUT2D eigenvalue weighted by Crippen LogP contribution is -2.39. The minimum absolute atomic E-state index is 0.0195. The molecule has 14 heavy (non-hydrogen) atoms. The van der Waals surface area contributed by atoms with Crippen molar-refractivity contribution in [3.8, 4) is 0 Å². The lowest BCUT2D eigenvalue weighted by molar-refractivity contribution is -0.127. The Morgan fingerprint density at radius 3 is 2.14 bits per heavy atom. The van der Waals surface area contributed by atoms with Gasteiger partial charge in [0.1, 0.15) is 0 Å². The summed E-state index contributed by atoms with van der Waals surface area (Å²) in [6.45, 7) is 1.54. The van der Waals surface area contributed by atoms with E-state index in [-0.39, 0.29) is 5.91 Å². The molecule has 76 valence electrons. The van der Waals surface area contributed by atoms with Gasteiger partial charge in [-0.2, -0.15) is 0 Å². The second-order valence-electron chi connectivity index (χ2n) is 3.04. The van der Waals surface area contributed by atoms with E-state index in [1.165, 1.54) is 3.57 Å². The second-order valence-corrected chi connectivity index (χ2v) is 4.29. The van der Waals surface area contributed by atoms with Crippen molar-refractivity contribution in [3.63, 3.8) is 0 Å². The molecule has 0 aliphatic heterocycles. The van der Waals surface area contributed by atoms with Gasteiger partial charge in [-0.05, 0) is 46.9 Å². The molecule has 0 spiro atoms. The van der Waals surface area contributed by atoms with Crippen molar-refractivity contribution < 1.29 is 4.79 Å². The first kappa shape index (κ1) is 11.3. The number of hydrazine groups is 1. The number of halogens is 1. The van der Waals surface area contributed by atoms with Crippen LogP contribution < -0.4 is 5.01 Å². The van der Waals surface area contributed by atoms with Crippen LogP contribution in [-0.4, -0.2) is 25.0 Å². The number of rotatable bonds is 2. The predicted octanol–water partition coefficient (Wildman–Crippen LogP) is 2.12. The van der Waals surface area contributed by atoms with Crippen LogP contribution in [0.2, 0.25) is 0 Å². The van der Waals surface area contributed by atoms with E-state index in [0.717, 1.165) is 5.69 Å². The first-order valence-electron chi connectivity index (χ1n) is 4.26. The van der Waals surface area contributed by atoms with Crippen LogP contribution in [0.4, 0.5) is 5.69 Å². The zero-order valence-electron chi connectivity index (χ0n) is 8.49. The molecule has 3 nitrogen and oxygen atoms in total. The molecular formula is C10H13IN2O. The van der Waals surface area contributed by atoms with E-state index in [4.69, 9.17) is 0 Å². The van der Waals surface area contributed by atoms with Crippen molar-refractivity contribution >= 4 is 34.2 Å². The Labute approximate surface area is 97.8 Å². The van der Waals surface area contributed by atoms with Gasteiger partial charge in [-0.15, -0.1) is 0 Å². The largest absolute Gasteiger partial charge is 0.286 e. The molecule has 0 saturated heterocycles. The minimum Gasteiger partial charge on any atom is -0.286 e. The Morgan fingerprint density at radius 2 is 1.71 bits per heavy atom. The zero-order valence-corrected chi connectivity index (χ0v) is 10.6. The highest BCUT2D eigenvalue weighted by molar-refractivity contribution is 14.1. The zero-order chi connectivity index (χ0) is 10.7. The minimum atomic E-state index is 0.0195. The van der Waals surface area contributed by atoms with Gasteiger partial charge in [0.05, 0.1) is 5.69 Å². The first-order chi connectivity index (χ1) is 6.52. The van der Waals surface area contributed by atoms with Crippen LogP contribution in [0.25, 0.3) is 0 Å². The molecule has 0 radical (unpaired) electrons. The summed E-state index contributed by atoms with van der Waals surface area (Å²) in [5.74, 6) is 0.0195. The molecule has 0 N–H and O–H groups in total. The van der Waals surface area contributed by atoms with Crippen LogP contribution in [0.15, 0.2) is 24.3 Å². The molecule has 1 aromatic rings. The van der Waals surface area contributed by atoms with Crippen molar-refractivity contribution in [1.29, 1.82) is 0 Å². The molecule has 0 saturated carbocycles. The van der Waals surface area contributed by atoms with E-state index >= 15 is 0 Å². The van der Waals surface area contributed by atoms with Crippen LogP contribution in [0, 0.1) is 3.57 Å². The number of carbonyl (C=O) groups excluding carboxylic acids is 1. The van der Waals surface area contributed by atoms with Crippen LogP contribution in [0.3, 0.4) is 0 Å². The van der Waals surface area contributed by atoms with Gasteiger partial charge < -0.3 is 0 Å². The third-order valence-electron chi connectivity index (χ3n) is 2.11. The Balaban J connectivity index is 2.84. The number of hydrogen-bond acceptors (Lipinski definition) is 2. The molecule has 0 unspecified atom stereocenters. The van der Waals surface area contributed by atoms with Crippen molar-refractivity contribution in [2.24, 2.45) is 0 Å². The fraction of sp³-hybridized carbons (Fsp3) is 0.300. The molecule has 4 heteroatoms. The van der Waals surface area contributed by atoms with E-state index < -0.39 is 0 Å². The van der Waals surface area contributed by atoms with Crippen LogP contribution in [0.1, 0.15) is 6.92 Å². The molecule has 0 bridgehead atoms. The first-order valence-corrected chi connectivity index (χ1v) is 5.33. The molecule has 1 aromatic carbocycles. The molecular weight excluding hydrogens is 291 g/mol. The lowest BCUT2D eigenvalue weighted by Gasteiger charge is -2.29. The SMILES string of the molecule is CC(=O)N(C)N(C)c1ccc(I)cc1. The van der Waals surface area contributed by atoms with Crippen LogP contribution >= 0.6 is 22.6 Å². The number of carbonyl (C=O) groups is 1. The van der Waals surface area contributed by atoms with Gasteiger partial charge in [0.25, 0.3) is 0 Å². The van der Waals surface area contributed by atoms with Gasteiger partial charge in [0, 0.05) is 24.6 Å². The maximum atomic E-state index is 11.1. The molecule has 0 aliphatic carbocycles. The molecule has 0 aliphatic rings. The topological polar surface area (TPSA) is 23.6 Å². The molecule has 1 amide bonds. The van der Waals surface area contributed by atoms with Crippen molar-refractivity contribution in [3.05, 3.63) is 27.8 Å². The summed E-state index contributed by atoms with van der Waals surface area (Å²) in [4.78, 5) is 11.1. The highest BCUT2D eigenvalue weighted by Gasteiger charge is 2.08. The maximum absolute atomic E-state index is 11.1. The quantitative estimate of drug-likeness (QED) is 0.617. The number of nitrogens with zero attached hydrogens (tertiary/aromatic N) is 2. The standard InChI is InChI=1S/C10H13IN2O/c1-8(14)12(2)13(3)10-6-4-9(11)5-7-10/h4-7H,1-3H3. The number of benzene rings is 1. The third kappa shape index (κ3) is 2.60. The van der Waals surface area contributed by atoms with Gasteiger partial charge >= 0.3 is 0 Å². The molecule has 0 atom stereocenters. The molecule has 0 heterocycles. The van der Waals surface area contributed by atoms with Gasteiger partial charge in [-0.1, -0.05) is 0 Å². The summed E-state index contributed by atoms with van der Waals surface area (Å²) in [6.07, 6.45) is 0. The summed E-state index contributed by atoms with van der Waals surface area (Å²) < 4.78 is 1.19. The monoisotopic (exact) mass is 304 g/mol. The lowest BCUT2D eigenvalue weighted by atomic mass is 10.3. The molecule has 0 fully saturated rings. The summed E-state index contributed by atoms with van der Waals surface area (Å²) in [5.41, 5.74) is 1.00. The number of hydrogen-bond donors (Lipinski definition) is 0. The predicted molar refractivity (Wildman–Crippen MR) is 66.0 cm³/mol. The van der Waals surface area contributed by atoms with Crippen molar-refractivity contribution in [2.45, 2.75) is 6.92 Å². The van der Waals surface area contributed by atoms with Crippen LogP contribution in [-0.2, 0) is 4.79 Å². The molecule has 1 rings (SSSR count). The van der Waals surface area contributed by atoms with Crippen LogP contribution in [0.5, 0.6) is 0 Å². The van der Waals surface area contributed by atoms with E-state index in [2.05, 4.69) is 22.6 Å². The third-order valence-corrected chi connectivity index (χ3v) is 2.83. The average molecular weight is 304 g/mol. The van der Waals surface area contributed by atoms with E-state index in [1.54, 1.807) is 19.0 Å². The molecule has 0 aromatic heterocycles. The van der Waals surface area contributed by atoms with Gasteiger partial charge in [0.15, 0.2) is 0 Å². The summed E-state index contributed by atoms with van der Waals surface area (Å²) in [6, 6.07) is 8.00. The smallest absolute Gasteiger partial charge is 0.237 e. The second kappa shape index (κ2) is 4.63. The van der Waals surface area contributed by atoms with E-state index in [9.17, 15) is 4.79 Å². The van der Waals surface area contributed by atoms with Crippen molar-refractivity contribution in [2.75, 3.05) is 19.1 Å². The maximum Gasteiger partial charge on any atom is 0.237 e. The van der Waals surface area contributed by atoms with Gasteiger partial charge in [-0.3, -0.25) is 14.8 Å². The highest BCUT2D eigenvalue weighted by Crippen LogP contribution is 2.15. The van der Waals surface area contributed by atoms with E-state index in [0.29, 0.717) is 0 Å². The number of anilines is 1. The Bertz CT molecular complexity index is 323. The summed E-state index contributed by atoms with van der Waals surface area (Å²) >= 11 is 2.25. The highest BCUT2D eigenvalue weighted by atomic mass is 127. The average Bonchev–Trinajstić information content (AvgIpc) is 2.16. The fourth-order valence-corrected chi connectivity index (χ4v) is 1.40. The van der Waals surface area contributed by atoms with E-state index in [1.807, 2.05) is 36.3 Å². The van der Waals surface area contributed by atoms with Gasteiger partial charge in [-0.25, -0.2) is 0 Å². The Kier molecular flexibility index (Phi) is 3.74. The number of amides is 1. The fourth-order valence-electron chi connectivity index (χ4n) is 1.04.